The molecule has 0 saturated carbocycles. The Kier molecular flexibility index (Phi) is 5.39. The fourth-order valence-electron chi connectivity index (χ4n) is 2.52. The van der Waals surface area contributed by atoms with Gasteiger partial charge in [-0.05, 0) is 36.4 Å². The molecule has 146 valence electrons. The van der Waals surface area contributed by atoms with Crippen molar-refractivity contribution in [3.63, 3.8) is 0 Å². The Hall–Kier alpha value is -3.30. The summed E-state index contributed by atoms with van der Waals surface area (Å²) in [5, 5.41) is 12.6. The summed E-state index contributed by atoms with van der Waals surface area (Å²) in [6.45, 7) is 0. The molecule has 0 fully saturated rings. The topological polar surface area (TPSA) is 105 Å². The van der Waals surface area contributed by atoms with Crippen LogP contribution in [0, 0.1) is 11.6 Å². The van der Waals surface area contributed by atoms with Crippen molar-refractivity contribution in [1.82, 2.24) is 9.88 Å². The third-order valence-electron chi connectivity index (χ3n) is 3.91. The molecule has 3 aromatic rings. The summed E-state index contributed by atoms with van der Waals surface area (Å²) in [5.41, 5.74) is 5.87. The highest BCUT2D eigenvalue weighted by Gasteiger charge is 2.23. The van der Waals surface area contributed by atoms with Crippen molar-refractivity contribution in [2.24, 2.45) is 5.73 Å². The van der Waals surface area contributed by atoms with Crippen molar-refractivity contribution in [2.75, 3.05) is 19.4 Å². The Morgan fingerprint density at radius 1 is 1.18 bits per heavy atom. The second kappa shape index (κ2) is 7.75. The molecule has 0 saturated heterocycles. The number of hydrogen-bond donors (Lipinski definition) is 3. The lowest BCUT2D eigenvalue weighted by Gasteiger charge is -2.11. The average molecular weight is 388 g/mol. The van der Waals surface area contributed by atoms with Crippen molar-refractivity contribution >= 4 is 17.5 Å². The number of nitrogens with zero attached hydrogens (tertiary/aromatic N) is 2. The van der Waals surface area contributed by atoms with Crippen molar-refractivity contribution in [3.05, 3.63) is 65.4 Å². The third-order valence-corrected chi connectivity index (χ3v) is 3.91. The van der Waals surface area contributed by atoms with Gasteiger partial charge < -0.3 is 25.5 Å². The van der Waals surface area contributed by atoms with E-state index >= 15 is 0 Å². The van der Waals surface area contributed by atoms with Crippen molar-refractivity contribution in [1.29, 1.82) is 0 Å². The number of carbonyl (C=O) groups is 1. The maximum atomic E-state index is 14.0. The van der Waals surface area contributed by atoms with Gasteiger partial charge in [0.2, 0.25) is 11.8 Å². The maximum absolute atomic E-state index is 14.0. The van der Waals surface area contributed by atoms with Crippen LogP contribution in [0.25, 0.3) is 11.5 Å². The van der Waals surface area contributed by atoms with Gasteiger partial charge in [-0.2, -0.15) is 0 Å². The zero-order valence-corrected chi connectivity index (χ0v) is 15.1. The highest BCUT2D eigenvalue weighted by molar-refractivity contribution is 5.94. The Balaban J connectivity index is 1.94. The quantitative estimate of drug-likeness (QED) is 0.581. The van der Waals surface area contributed by atoms with Gasteiger partial charge in [0.25, 0.3) is 5.91 Å². The average Bonchev–Trinajstić information content (AvgIpc) is 3.05. The van der Waals surface area contributed by atoms with E-state index in [0.29, 0.717) is 11.3 Å². The first-order valence-corrected chi connectivity index (χ1v) is 8.25. The number of carbonyl (C=O) groups excluding carboxylic acids is 1. The molecule has 1 unspecified atom stereocenters. The predicted octanol–water partition coefficient (Wildman–Crippen LogP) is 3.01. The van der Waals surface area contributed by atoms with E-state index in [1.165, 1.54) is 11.0 Å². The molecule has 1 heterocycles. The summed E-state index contributed by atoms with van der Waals surface area (Å²) in [6, 6.07) is 9.74. The molecule has 9 heteroatoms. The van der Waals surface area contributed by atoms with Crippen molar-refractivity contribution in [3.8, 4) is 11.5 Å². The number of aliphatic hydroxyl groups is 1. The largest absolute Gasteiger partial charge is 0.420 e. The monoisotopic (exact) mass is 388 g/mol. The van der Waals surface area contributed by atoms with Crippen LogP contribution in [-0.4, -0.2) is 35.0 Å². The fourth-order valence-corrected chi connectivity index (χ4v) is 2.52. The number of rotatable bonds is 5. The highest BCUT2D eigenvalue weighted by Crippen LogP contribution is 2.33. The van der Waals surface area contributed by atoms with E-state index in [9.17, 15) is 18.7 Å². The van der Waals surface area contributed by atoms with Gasteiger partial charge in [-0.3, -0.25) is 4.79 Å². The van der Waals surface area contributed by atoms with Crippen LogP contribution in [0.15, 0.2) is 46.9 Å². The molecule has 0 aliphatic carbocycles. The summed E-state index contributed by atoms with van der Waals surface area (Å²) in [5.74, 6) is -2.33. The molecule has 0 radical (unpaired) electrons. The van der Waals surface area contributed by atoms with Gasteiger partial charge in [-0.1, -0.05) is 6.07 Å². The minimum absolute atomic E-state index is 0.0701. The predicted molar refractivity (Wildman–Crippen MR) is 98.7 cm³/mol. The van der Waals surface area contributed by atoms with Gasteiger partial charge in [-0.25, -0.2) is 13.8 Å². The number of oxazole rings is 1. The molecule has 3 rings (SSSR count). The van der Waals surface area contributed by atoms with Crippen LogP contribution in [0.1, 0.15) is 22.3 Å². The van der Waals surface area contributed by atoms with Gasteiger partial charge in [0.15, 0.2) is 6.23 Å². The van der Waals surface area contributed by atoms with E-state index < -0.39 is 23.4 Å². The van der Waals surface area contributed by atoms with E-state index in [0.717, 1.165) is 12.1 Å². The highest BCUT2D eigenvalue weighted by atomic mass is 19.1. The zero-order valence-electron chi connectivity index (χ0n) is 15.1. The van der Waals surface area contributed by atoms with E-state index in [-0.39, 0.29) is 23.4 Å². The van der Waals surface area contributed by atoms with Crippen LogP contribution in [0.3, 0.4) is 0 Å². The number of nitrogens with two attached hydrogens (primary N) is 1. The lowest BCUT2D eigenvalue weighted by molar-refractivity contribution is 0.0827. The number of hydrogen-bond acceptors (Lipinski definition) is 6. The smallest absolute Gasteiger partial charge is 0.253 e. The first-order chi connectivity index (χ1) is 13.3. The normalized spacial score (nSPS) is 11.9. The number of halogens is 2. The minimum atomic E-state index is -1.54. The van der Waals surface area contributed by atoms with E-state index in [4.69, 9.17) is 10.2 Å². The molecule has 2 aromatic carbocycles. The Morgan fingerprint density at radius 2 is 1.79 bits per heavy atom. The zero-order chi connectivity index (χ0) is 20.4. The van der Waals surface area contributed by atoms with E-state index in [2.05, 4.69) is 10.3 Å². The van der Waals surface area contributed by atoms with E-state index in [1.807, 2.05) is 0 Å². The van der Waals surface area contributed by atoms with Gasteiger partial charge in [0, 0.05) is 25.3 Å². The fraction of sp³-hybridized carbons (Fsp3) is 0.158. The second-order valence-electron chi connectivity index (χ2n) is 6.18. The first-order valence-electron chi connectivity index (χ1n) is 8.25. The lowest BCUT2D eigenvalue weighted by Crippen LogP contribution is -2.21. The van der Waals surface area contributed by atoms with E-state index in [1.54, 1.807) is 38.4 Å². The Labute approximate surface area is 159 Å². The molecule has 0 aliphatic rings. The van der Waals surface area contributed by atoms with Gasteiger partial charge in [0.1, 0.15) is 22.9 Å². The molecular formula is C19H18F2N4O3. The summed E-state index contributed by atoms with van der Waals surface area (Å²) >= 11 is 0. The number of amides is 1. The molecule has 1 aromatic heterocycles. The van der Waals surface area contributed by atoms with Crippen LogP contribution >= 0.6 is 0 Å². The number of aromatic nitrogens is 1. The maximum Gasteiger partial charge on any atom is 0.253 e. The lowest BCUT2D eigenvalue weighted by atomic mass is 10.2. The summed E-state index contributed by atoms with van der Waals surface area (Å²) in [7, 11) is 3.28. The van der Waals surface area contributed by atoms with Crippen LogP contribution in [-0.2, 0) is 0 Å². The number of nitrogens with one attached hydrogen (secondary N) is 1. The van der Waals surface area contributed by atoms with Crippen molar-refractivity contribution in [2.45, 2.75) is 6.23 Å². The first kappa shape index (κ1) is 19.5. The molecule has 1 amide bonds. The molecular weight excluding hydrogens is 370 g/mol. The molecule has 0 spiro atoms. The number of aliphatic hydroxyl groups excluding tert-OH is 1. The summed E-state index contributed by atoms with van der Waals surface area (Å²) < 4.78 is 33.4. The molecule has 7 nitrogen and oxygen atoms in total. The summed E-state index contributed by atoms with van der Waals surface area (Å²) in [4.78, 5) is 17.3. The Morgan fingerprint density at radius 3 is 2.32 bits per heavy atom. The van der Waals surface area contributed by atoms with Gasteiger partial charge in [0.05, 0.1) is 0 Å². The van der Waals surface area contributed by atoms with Gasteiger partial charge in [-0.15, -0.1) is 0 Å². The van der Waals surface area contributed by atoms with Crippen LogP contribution < -0.4 is 11.1 Å². The molecule has 0 bridgehead atoms. The summed E-state index contributed by atoms with van der Waals surface area (Å²) in [6.07, 6.45) is -1.54. The van der Waals surface area contributed by atoms with Crippen LogP contribution in [0.4, 0.5) is 20.4 Å². The van der Waals surface area contributed by atoms with Gasteiger partial charge >= 0.3 is 0 Å². The van der Waals surface area contributed by atoms with Crippen molar-refractivity contribution < 1.29 is 23.1 Å². The standard InChI is InChI=1S/C19H18F2N4O3/c1-25(2)19(27)10-6-8-11(9-7-10)23-18-15(16(22)26)24-17(28-18)14-12(20)4-3-5-13(14)21/h3-9,16,23,26H,22H2,1-2H3. The minimum Gasteiger partial charge on any atom is -0.420 e. The number of anilines is 2. The molecule has 28 heavy (non-hydrogen) atoms. The second-order valence-corrected chi connectivity index (χ2v) is 6.18. The Bertz CT molecular complexity index is 981. The van der Waals surface area contributed by atoms with Crippen LogP contribution in [0.5, 0.6) is 0 Å². The molecule has 0 aliphatic heterocycles. The molecule has 1 atom stereocenters. The van der Waals surface area contributed by atoms with Crippen LogP contribution in [0.2, 0.25) is 0 Å². The SMILES string of the molecule is CN(C)C(=O)c1ccc(Nc2oc(-c3c(F)cccc3F)nc2C(N)O)cc1. The molecule has 4 N–H and O–H groups in total. The third kappa shape index (κ3) is 3.85. The number of benzene rings is 2.